The van der Waals surface area contributed by atoms with Crippen molar-refractivity contribution in [1.82, 2.24) is 5.32 Å². The molecule has 0 aromatic heterocycles. The minimum atomic E-state index is -0.763. The molecule has 2 amide bonds. The first kappa shape index (κ1) is 12.0. The van der Waals surface area contributed by atoms with Crippen LogP contribution in [0.25, 0.3) is 0 Å². The highest BCUT2D eigenvalue weighted by Gasteiger charge is 2.27. The Labute approximate surface area is 104 Å². The standard InChI is InChI=1S/C10H7BrF2N2O2/c11-5-1-7(13)8(2-6(5)12)15-4-9(16)14-3-10(15)17/h1-2H,3-4H2,(H,14,16). The lowest BCUT2D eigenvalue weighted by Crippen LogP contribution is -2.52. The Hall–Kier alpha value is -1.50. The van der Waals surface area contributed by atoms with E-state index in [0.29, 0.717) is 0 Å². The molecule has 0 saturated carbocycles. The number of nitrogens with zero attached hydrogens (tertiary/aromatic N) is 1. The van der Waals surface area contributed by atoms with E-state index in [-0.39, 0.29) is 23.2 Å². The largest absolute Gasteiger partial charge is 0.345 e. The number of carbonyl (C=O) groups excluding carboxylic acids is 2. The molecular formula is C10H7BrF2N2O2. The predicted octanol–water partition coefficient (Wildman–Crippen LogP) is 1.19. The normalized spacial score (nSPS) is 16.1. The Morgan fingerprint density at radius 2 is 1.94 bits per heavy atom. The third-order valence-electron chi connectivity index (χ3n) is 2.32. The number of hydrogen-bond acceptors (Lipinski definition) is 2. The lowest BCUT2D eigenvalue weighted by Gasteiger charge is -2.27. The summed E-state index contributed by atoms with van der Waals surface area (Å²) in [4.78, 5) is 23.5. The maximum Gasteiger partial charge on any atom is 0.246 e. The van der Waals surface area contributed by atoms with Gasteiger partial charge in [0, 0.05) is 6.07 Å². The van der Waals surface area contributed by atoms with Gasteiger partial charge >= 0.3 is 0 Å². The highest BCUT2D eigenvalue weighted by atomic mass is 79.9. The van der Waals surface area contributed by atoms with E-state index in [1.54, 1.807) is 0 Å². The van der Waals surface area contributed by atoms with Crippen molar-refractivity contribution in [2.24, 2.45) is 0 Å². The van der Waals surface area contributed by atoms with Gasteiger partial charge in [-0.05, 0) is 22.0 Å². The minimum absolute atomic E-state index is 0.0346. The predicted molar refractivity (Wildman–Crippen MR) is 59.4 cm³/mol. The van der Waals surface area contributed by atoms with E-state index in [4.69, 9.17) is 0 Å². The molecule has 0 radical (unpaired) electrons. The number of benzene rings is 1. The fourth-order valence-corrected chi connectivity index (χ4v) is 1.81. The van der Waals surface area contributed by atoms with Gasteiger partial charge in [-0.1, -0.05) is 0 Å². The summed E-state index contributed by atoms with van der Waals surface area (Å²) in [6.45, 7) is -0.521. The summed E-state index contributed by atoms with van der Waals surface area (Å²) in [6, 6.07) is 1.81. The Bertz CT molecular complexity index is 507. The van der Waals surface area contributed by atoms with E-state index in [1.165, 1.54) is 0 Å². The van der Waals surface area contributed by atoms with Crippen LogP contribution in [-0.2, 0) is 9.59 Å². The lowest BCUT2D eigenvalue weighted by molar-refractivity contribution is -0.128. The van der Waals surface area contributed by atoms with Crippen molar-refractivity contribution in [2.45, 2.75) is 0 Å². The van der Waals surface area contributed by atoms with Gasteiger partial charge in [-0.2, -0.15) is 0 Å². The highest BCUT2D eigenvalue weighted by Crippen LogP contribution is 2.26. The molecule has 1 N–H and O–H groups in total. The summed E-state index contributed by atoms with van der Waals surface area (Å²) in [7, 11) is 0. The van der Waals surface area contributed by atoms with Crippen molar-refractivity contribution in [1.29, 1.82) is 0 Å². The molecule has 1 aliphatic heterocycles. The van der Waals surface area contributed by atoms with E-state index in [1.807, 2.05) is 0 Å². The maximum absolute atomic E-state index is 13.6. The van der Waals surface area contributed by atoms with Crippen LogP contribution in [0, 0.1) is 11.6 Å². The van der Waals surface area contributed by atoms with Crippen molar-refractivity contribution < 1.29 is 18.4 Å². The molecule has 7 heteroatoms. The zero-order valence-corrected chi connectivity index (χ0v) is 10.1. The van der Waals surface area contributed by atoms with Crippen LogP contribution >= 0.6 is 15.9 Å². The number of amides is 2. The molecule has 0 aliphatic carbocycles. The Morgan fingerprint density at radius 3 is 2.65 bits per heavy atom. The van der Waals surface area contributed by atoms with Gasteiger partial charge in [-0.15, -0.1) is 0 Å². The molecule has 17 heavy (non-hydrogen) atoms. The minimum Gasteiger partial charge on any atom is -0.345 e. The summed E-state index contributed by atoms with van der Waals surface area (Å²) in [5, 5.41) is 2.32. The van der Waals surface area contributed by atoms with Gasteiger partial charge in [0.25, 0.3) is 0 Å². The Kier molecular flexibility index (Phi) is 3.10. The van der Waals surface area contributed by atoms with Gasteiger partial charge in [-0.3, -0.25) is 14.5 Å². The van der Waals surface area contributed by atoms with E-state index in [0.717, 1.165) is 17.0 Å². The quantitative estimate of drug-likeness (QED) is 0.792. The number of carbonyl (C=O) groups is 2. The molecule has 4 nitrogen and oxygen atoms in total. The van der Waals surface area contributed by atoms with E-state index < -0.39 is 23.4 Å². The smallest absolute Gasteiger partial charge is 0.246 e. The summed E-state index contributed by atoms with van der Waals surface area (Å²) in [6.07, 6.45) is 0. The van der Waals surface area contributed by atoms with Gasteiger partial charge in [0.2, 0.25) is 11.8 Å². The summed E-state index contributed by atoms with van der Waals surface area (Å²) in [5.41, 5.74) is -0.231. The fraction of sp³-hybridized carbons (Fsp3) is 0.200. The van der Waals surface area contributed by atoms with E-state index >= 15 is 0 Å². The van der Waals surface area contributed by atoms with Gasteiger partial charge < -0.3 is 5.32 Å². The first-order chi connectivity index (χ1) is 7.99. The molecule has 1 heterocycles. The van der Waals surface area contributed by atoms with Crippen LogP contribution in [0.3, 0.4) is 0 Å². The van der Waals surface area contributed by atoms with E-state index in [2.05, 4.69) is 21.2 Å². The van der Waals surface area contributed by atoms with Crippen molar-refractivity contribution >= 4 is 33.4 Å². The van der Waals surface area contributed by atoms with Crippen LogP contribution < -0.4 is 10.2 Å². The van der Waals surface area contributed by atoms with Crippen molar-refractivity contribution in [3.8, 4) is 0 Å². The molecule has 2 rings (SSSR count). The monoisotopic (exact) mass is 304 g/mol. The second kappa shape index (κ2) is 4.40. The summed E-state index contributed by atoms with van der Waals surface area (Å²) < 4.78 is 26.8. The molecule has 0 bridgehead atoms. The summed E-state index contributed by atoms with van der Waals surface area (Å²) >= 11 is 2.83. The average Bonchev–Trinajstić information content (AvgIpc) is 2.27. The second-order valence-electron chi connectivity index (χ2n) is 3.47. The maximum atomic E-state index is 13.6. The van der Waals surface area contributed by atoms with Gasteiger partial charge in [0.05, 0.1) is 16.7 Å². The molecule has 0 atom stereocenters. The molecule has 0 unspecified atom stereocenters. The topological polar surface area (TPSA) is 49.4 Å². The number of rotatable bonds is 1. The Morgan fingerprint density at radius 1 is 1.24 bits per heavy atom. The number of piperazine rings is 1. The zero-order chi connectivity index (χ0) is 12.6. The van der Waals surface area contributed by atoms with Gasteiger partial charge in [0.1, 0.15) is 18.2 Å². The third kappa shape index (κ3) is 2.28. The molecule has 1 aromatic carbocycles. The van der Waals surface area contributed by atoms with E-state index in [9.17, 15) is 18.4 Å². The summed E-state index contributed by atoms with van der Waals surface area (Å²) in [5.74, 6) is -2.35. The molecule has 90 valence electrons. The van der Waals surface area contributed by atoms with Crippen molar-refractivity contribution in [2.75, 3.05) is 18.0 Å². The molecule has 1 saturated heterocycles. The molecule has 1 aromatic rings. The molecular weight excluding hydrogens is 298 g/mol. The SMILES string of the molecule is O=C1CN(c2cc(F)c(Br)cc2F)C(=O)CN1. The lowest BCUT2D eigenvalue weighted by atomic mass is 10.2. The van der Waals surface area contributed by atoms with Gasteiger partial charge in [0.15, 0.2) is 0 Å². The number of halogens is 3. The number of nitrogens with one attached hydrogen (secondary N) is 1. The number of anilines is 1. The average molecular weight is 305 g/mol. The fourth-order valence-electron chi connectivity index (χ4n) is 1.50. The third-order valence-corrected chi connectivity index (χ3v) is 2.93. The van der Waals surface area contributed by atoms with Crippen LogP contribution in [0.1, 0.15) is 0 Å². The molecule has 1 aliphatic rings. The molecule has 0 spiro atoms. The van der Waals surface area contributed by atoms with Crippen LogP contribution in [0.5, 0.6) is 0 Å². The van der Waals surface area contributed by atoms with Crippen LogP contribution in [0.15, 0.2) is 16.6 Å². The van der Waals surface area contributed by atoms with Crippen LogP contribution in [0.2, 0.25) is 0 Å². The second-order valence-corrected chi connectivity index (χ2v) is 4.33. The first-order valence-corrected chi connectivity index (χ1v) is 5.50. The zero-order valence-electron chi connectivity index (χ0n) is 8.47. The van der Waals surface area contributed by atoms with Crippen LogP contribution in [-0.4, -0.2) is 24.9 Å². The Balaban J connectivity index is 2.42. The number of hydrogen-bond donors (Lipinski definition) is 1. The van der Waals surface area contributed by atoms with Crippen molar-refractivity contribution in [3.63, 3.8) is 0 Å². The highest BCUT2D eigenvalue weighted by molar-refractivity contribution is 9.10. The van der Waals surface area contributed by atoms with Crippen molar-refractivity contribution in [3.05, 3.63) is 28.2 Å². The molecule has 1 fully saturated rings. The van der Waals surface area contributed by atoms with Gasteiger partial charge in [-0.25, -0.2) is 8.78 Å². The first-order valence-electron chi connectivity index (χ1n) is 4.70. The van der Waals surface area contributed by atoms with Crippen LogP contribution in [0.4, 0.5) is 14.5 Å².